The Labute approximate surface area is 177 Å². The average Bonchev–Trinajstić information content (AvgIpc) is 2.65. The number of carbonyl (C=O) groups excluding carboxylic acids is 1. The highest BCUT2D eigenvalue weighted by atomic mass is 79.9. The molecule has 0 aliphatic carbocycles. The van der Waals surface area contributed by atoms with E-state index in [0.29, 0.717) is 28.9 Å². The van der Waals surface area contributed by atoms with Crippen LogP contribution in [-0.4, -0.2) is 31.9 Å². The summed E-state index contributed by atoms with van der Waals surface area (Å²) in [5.41, 5.74) is 4.05. The molecule has 0 bridgehead atoms. The molecule has 0 aromatic heterocycles. The zero-order chi connectivity index (χ0) is 20.7. The second-order valence-electron chi connectivity index (χ2n) is 5.87. The Kier molecular flexibility index (Phi) is 8.14. The fraction of sp³-hybridized carbons (Fsp3) is 0.300. The van der Waals surface area contributed by atoms with E-state index in [9.17, 15) is 4.79 Å². The highest BCUT2D eigenvalue weighted by Crippen LogP contribution is 2.36. The van der Waals surface area contributed by atoms with Crippen molar-refractivity contribution in [3.63, 3.8) is 0 Å². The molecule has 1 atom stereocenters. The number of methoxy groups -OCH3 is 1. The number of ether oxygens (including phenoxy) is 3. The molecule has 8 heteroatoms. The van der Waals surface area contributed by atoms with Crippen LogP contribution in [0.25, 0.3) is 0 Å². The van der Waals surface area contributed by atoms with E-state index in [0.717, 1.165) is 15.6 Å². The molecular weight excluding hydrogens is 448 g/mol. The van der Waals surface area contributed by atoms with Gasteiger partial charge in [-0.25, -0.2) is 5.43 Å². The summed E-state index contributed by atoms with van der Waals surface area (Å²) in [5, 5.41) is 4.60. The molecule has 6 nitrogen and oxygen atoms in total. The lowest BCUT2D eigenvalue weighted by molar-refractivity contribution is -0.127. The number of hydrazone groups is 1. The smallest absolute Gasteiger partial charge is 0.280 e. The van der Waals surface area contributed by atoms with Gasteiger partial charge in [-0.05, 0) is 78.2 Å². The van der Waals surface area contributed by atoms with Crippen LogP contribution >= 0.6 is 27.5 Å². The summed E-state index contributed by atoms with van der Waals surface area (Å²) in [7, 11) is 1.56. The monoisotopic (exact) mass is 468 g/mol. The van der Waals surface area contributed by atoms with E-state index in [1.54, 1.807) is 38.3 Å². The first kappa shape index (κ1) is 22.0. The van der Waals surface area contributed by atoms with Crippen LogP contribution in [0.4, 0.5) is 0 Å². The molecule has 150 valence electrons. The number of hydrogen-bond donors (Lipinski definition) is 1. The SMILES string of the molecule is CCOc1c(Br)cc(C=NNC(=O)[C@H](C)Oc2ccc(Cl)cc2C)cc1OC. The van der Waals surface area contributed by atoms with Crippen molar-refractivity contribution in [3.05, 3.63) is 51.0 Å². The molecule has 1 amide bonds. The molecule has 2 aromatic carbocycles. The van der Waals surface area contributed by atoms with Crippen molar-refractivity contribution in [3.8, 4) is 17.2 Å². The van der Waals surface area contributed by atoms with E-state index < -0.39 is 6.10 Å². The van der Waals surface area contributed by atoms with Crippen LogP contribution in [0.1, 0.15) is 25.0 Å². The first-order chi connectivity index (χ1) is 13.3. The average molecular weight is 470 g/mol. The van der Waals surface area contributed by atoms with Gasteiger partial charge in [-0.1, -0.05) is 11.6 Å². The van der Waals surface area contributed by atoms with Crippen LogP contribution in [-0.2, 0) is 4.79 Å². The van der Waals surface area contributed by atoms with E-state index in [4.69, 9.17) is 25.8 Å². The van der Waals surface area contributed by atoms with Gasteiger partial charge in [0.1, 0.15) is 5.75 Å². The summed E-state index contributed by atoms with van der Waals surface area (Å²) in [6, 6.07) is 8.80. The maximum absolute atomic E-state index is 12.2. The number of nitrogens with zero attached hydrogens (tertiary/aromatic N) is 1. The van der Waals surface area contributed by atoms with Crippen molar-refractivity contribution >= 4 is 39.7 Å². The molecule has 2 aromatic rings. The number of halogens is 2. The highest BCUT2D eigenvalue weighted by molar-refractivity contribution is 9.10. The molecule has 0 unspecified atom stereocenters. The Bertz CT molecular complexity index is 874. The minimum absolute atomic E-state index is 0.373. The lowest BCUT2D eigenvalue weighted by Crippen LogP contribution is -2.33. The fourth-order valence-electron chi connectivity index (χ4n) is 2.35. The number of hydrogen-bond acceptors (Lipinski definition) is 5. The maximum Gasteiger partial charge on any atom is 0.280 e. The van der Waals surface area contributed by atoms with Crippen LogP contribution in [0.5, 0.6) is 17.2 Å². The van der Waals surface area contributed by atoms with Gasteiger partial charge in [0.15, 0.2) is 17.6 Å². The van der Waals surface area contributed by atoms with Crippen molar-refractivity contribution in [1.82, 2.24) is 5.43 Å². The molecule has 0 fully saturated rings. The Morgan fingerprint density at radius 3 is 2.71 bits per heavy atom. The van der Waals surface area contributed by atoms with E-state index >= 15 is 0 Å². The van der Waals surface area contributed by atoms with Crippen molar-refractivity contribution in [2.45, 2.75) is 26.9 Å². The summed E-state index contributed by atoms with van der Waals surface area (Å²) < 4.78 is 17.3. The zero-order valence-electron chi connectivity index (χ0n) is 16.1. The van der Waals surface area contributed by atoms with Gasteiger partial charge in [0.05, 0.1) is 24.4 Å². The minimum Gasteiger partial charge on any atom is -0.493 e. The Morgan fingerprint density at radius 1 is 1.32 bits per heavy atom. The molecule has 0 aliphatic heterocycles. The molecule has 0 radical (unpaired) electrons. The Balaban J connectivity index is 2.01. The normalized spacial score (nSPS) is 11.9. The van der Waals surface area contributed by atoms with E-state index in [-0.39, 0.29) is 5.91 Å². The first-order valence-electron chi connectivity index (χ1n) is 8.61. The Hall–Kier alpha value is -2.25. The second-order valence-corrected chi connectivity index (χ2v) is 7.16. The van der Waals surface area contributed by atoms with Gasteiger partial charge in [0.2, 0.25) is 0 Å². The number of rotatable bonds is 8. The topological polar surface area (TPSA) is 69.2 Å². The molecule has 1 N–H and O–H groups in total. The van der Waals surface area contributed by atoms with Gasteiger partial charge < -0.3 is 14.2 Å². The second kappa shape index (κ2) is 10.3. The van der Waals surface area contributed by atoms with Crippen molar-refractivity contribution in [1.29, 1.82) is 0 Å². The number of carbonyl (C=O) groups is 1. The van der Waals surface area contributed by atoms with Gasteiger partial charge in [-0.2, -0.15) is 5.10 Å². The van der Waals surface area contributed by atoms with Crippen LogP contribution in [0.3, 0.4) is 0 Å². The number of amides is 1. The van der Waals surface area contributed by atoms with Crippen molar-refractivity contribution in [2.75, 3.05) is 13.7 Å². The van der Waals surface area contributed by atoms with Crippen LogP contribution in [0.15, 0.2) is 39.9 Å². The van der Waals surface area contributed by atoms with Gasteiger partial charge in [-0.15, -0.1) is 0 Å². The zero-order valence-corrected chi connectivity index (χ0v) is 18.4. The van der Waals surface area contributed by atoms with Crippen molar-refractivity contribution < 1.29 is 19.0 Å². The summed E-state index contributed by atoms with van der Waals surface area (Å²) in [6.07, 6.45) is 0.792. The molecule has 28 heavy (non-hydrogen) atoms. The van der Waals surface area contributed by atoms with Gasteiger partial charge in [0, 0.05) is 5.02 Å². The lowest BCUT2D eigenvalue weighted by Gasteiger charge is -2.15. The van der Waals surface area contributed by atoms with E-state index in [1.165, 1.54) is 6.21 Å². The first-order valence-corrected chi connectivity index (χ1v) is 9.78. The molecule has 2 rings (SSSR count). The molecule has 0 saturated carbocycles. The van der Waals surface area contributed by atoms with E-state index in [1.807, 2.05) is 19.9 Å². The molecule has 0 heterocycles. The largest absolute Gasteiger partial charge is 0.493 e. The third-order valence-corrected chi connectivity index (χ3v) is 4.56. The summed E-state index contributed by atoms with van der Waals surface area (Å²) in [4.78, 5) is 12.2. The predicted molar refractivity (Wildman–Crippen MR) is 114 cm³/mol. The third-order valence-electron chi connectivity index (χ3n) is 3.74. The predicted octanol–water partition coefficient (Wildman–Crippen LogP) is 4.74. The quantitative estimate of drug-likeness (QED) is 0.448. The fourth-order valence-corrected chi connectivity index (χ4v) is 3.15. The molecule has 0 saturated heterocycles. The van der Waals surface area contributed by atoms with Crippen molar-refractivity contribution in [2.24, 2.45) is 5.10 Å². The molecular formula is C20H22BrClN2O4. The lowest BCUT2D eigenvalue weighted by atomic mass is 10.2. The summed E-state index contributed by atoms with van der Waals surface area (Å²) in [5.74, 6) is 1.41. The van der Waals surface area contributed by atoms with Crippen LogP contribution in [0.2, 0.25) is 5.02 Å². The highest BCUT2D eigenvalue weighted by Gasteiger charge is 2.15. The standard InChI is InChI=1S/C20H22BrClN2O4/c1-5-27-19-16(21)9-14(10-18(19)26-4)11-23-24-20(25)13(3)28-17-7-6-15(22)8-12(17)2/h6-11,13H,5H2,1-4H3,(H,24,25)/t13-/m0/s1. The molecule has 0 spiro atoms. The van der Waals surface area contributed by atoms with E-state index in [2.05, 4.69) is 26.5 Å². The minimum atomic E-state index is -0.723. The maximum atomic E-state index is 12.2. The van der Waals surface area contributed by atoms with Gasteiger partial charge in [0.25, 0.3) is 5.91 Å². The summed E-state index contributed by atoms with van der Waals surface area (Å²) in [6.45, 7) is 5.92. The molecule has 0 aliphatic rings. The number of nitrogens with one attached hydrogen (secondary N) is 1. The number of benzene rings is 2. The third kappa shape index (κ3) is 5.87. The van der Waals surface area contributed by atoms with Crippen LogP contribution < -0.4 is 19.6 Å². The van der Waals surface area contributed by atoms with Gasteiger partial charge >= 0.3 is 0 Å². The van der Waals surface area contributed by atoms with Gasteiger partial charge in [-0.3, -0.25) is 4.79 Å². The Morgan fingerprint density at radius 2 is 2.07 bits per heavy atom. The number of aryl methyl sites for hydroxylation is 1. The summed E-state index contributed by atoms with van der Waals surface area (Å²) >= 11 is 9.38. The van der Waals surface area contributed by atoms with Crippen LogP contribution in [0, 0.1) is 6.92 Å².